The van der Waals surface area contributed by atoms with Crippen LogP contribution in [0, 0.1) is 6.92 Å². The number of hydrogen-bond acceptors (Lipinski definition) is 3. The number of benzene rings is 2. The van der Waals surface area contributed by atoms with Crippen molar-refractivity contribution in [2.24, 2.45) is 10.7 Å². The van der Waals surface area contributed by atoms with E-state index < -0.39 is 9.84 Å². The number of nitrogens with zero attached hydrogens (tertiary/aromatic N) is 1. The van der Waals surface area contributed by atoms with Gasteiger partial charge in [-0.05, 0) is 48.1 Å². The zero-order valence-corrected chi connectivity index (χ0v) is 16.7. The van der Waals surface area contributed by atoms with E-state index in [1.807, 2.05) is 6.07 Å². The lowest BCUT2D eigenvalue weighted by atomic mass is 10.0. The lowest BCUT2D eigenvalue weighted by molar-refractivity contribution is 0.601. The SMILES string of the molecule is CCc1cccc(CC)c1NC(N)=NCc1ccc(S(C)(=O)=O)c(C)c1. The van der Waals surface area contributed by atoms with Crippen molar-refractivity contribution in [3.63, 3.8) is 0 Å². The molecule has 6 heteroatoms. The van der Waals surface area contributed by atoms with Gasteiger partial charge in [0, 0.05) is 11.9 Å². The molecule has 2 aromatic carbocycles. The summed E-state index contributed by atoms with van der Waals surface area (Å²) in [6, 6.07) is 11.5. The van der Waals surface area contributed by atoms with Gasteiger partial charge in [-0.25, -0.2) is 13.4 Å². The topological polar surface area (TPSA) is 84.5 Å². The predicted molar refractivity (Wildman–Crippen MR) is 108 cm³/mol. The van der Waals surface area contributed by atoms with Crippen LogP contribution in [-0.4, -0.2) is 20.6 Å². The number of sulfone groups is 1. The number of nitrogens with two attached hydrogens (primary N) is 1. The fourth-order valence-electron chi connectivity index (χ4n) is 2.97. The molecule has 0 atom stereocenters. The molecule has 2 aromatic rings. The highest BCUT2D eigenvalue weighted by Gasteiger charge is 2.11. The normalized spacial score (nSPS) is 12.2. The van der Waals surface area contributed by atoms with Gasteiger partial charge in [-0.3, -0.25) is 0 Å². The number of hydrogen-bond donors (Lipinski definition) is 2. The van der Waals surface area contributed by atoms with E-state index in [1.54, 1.807) is 19.1 Å². The van der Waals surface area contributed by atoms with Crippen molar-refractivity contribution in [3.8, 4) is 0 Å². The van der Waals surface area contributed by atoms with Crippen molar-refractivity contribution in [1.82, 2.24) is 0 Å². The Kier molecular flexibility index (Phi) is 6.42. The fraction of sp³-hybridized carbons (Fsp3) is 0.350. The maximum atomic E-state index is 11.7. The smallest absolute Gasteiger partial charge is 0.193 e. The van der Waals surface area contributed by atoms with E-state index >= 15 is 0 Å². The second-order valence-electron chi connectivity index (χ2n) is 6.36. The summed E-state index contributed by atoms with van der Waals surface area (Å²) in [5, 5.41) is 3.23. The van der Waals surface area contributed by atoms with Gasteiger partial charge in [-0.1, -0.05) is 44.2 Å². The minimum atomic E-state index is -3.21. The number of aryl methyl sites for hydroxylation is 3. The van der Waals surface area contributed by atoms with E-state index in [0.717, 1.165) is 29.7 Å². The number of anilines is 1. The highest BCUT2D eigenvalue weighted by molar-refractivity contribution is 7.90. The van der Waals surface area contributed by atoms with Gasteiger partial charge in [0.1, 0.15) is 0 Å². The molecule has 0 fully saturated rings. The van der Waals surface area contributed by atoms with Crippen molar-refractivity contribution in [1.29, 1.82) is 0 Å². The third-order valence-electron chi connectivity index (χ3n) is 4.32. The second-order valence-corrected chi connectivity index (χ2v) is 8.34. The summed E-state index contributed by atoms with van der Waals surface area (Å²) in [6.45, 7) is 6.40. The van der Waals surface area contributed by atoms with Crippen molar-refractivity contribution in [2.45, 2.75) is 45.1 Å². The molecule has 0 radical (unpaired) electrons. The molecule has 0 aliphatic heterocycles. The van der Waals surface area contributed by atoms with E-state index in [-0.39, 0.29) is 0 Å². The molecule has 0 bridgehead atoms. The quantitative estimate of drug-likeness (QED) is 0.600. The lowest BCUT2D eigenvalue weighted by Crippen LogP contribution is -2.24. The summed E-state index contributed by atoms with van der Waals surface area (Å²) in [5.74, 6) is 0.352. The van der Waals surface area contributed by atoms with Crippen LogP contribution in [0.15, 0.2) is 46.3 Å². The first-order chi connectivity index (χ1) is 12.3. The van der Waals surface area contributed by atoms with Gasteiger partial charge in [-0.15, -0.1) is 0 Å². The Morgan fingerprint density at radius 1 is 1.12 bits per heavy atom. The molecule has 0 aromatic heterocycles. The average molecular weight is 374 g/mol. The van der Waals surface area contributed by atoms with Crippen LogP contribution >= 0.6 is 0 Å². The van der Waals surface area contributed by atoms with Crippen LogP contribution in [0.4, 0.5) is 5.69 Å². The molecular formula is C20H27N3O2S. The molecule has 0 unspecified atom stereocenters. The zero-order chi connectivity index (χ0) is 19.3. The molecule has 0 aliphatic rings. The van der Waals surface area contributed by atoms with Crippen LogP contribution in [-0.2, 0) is 29.2 Å². The minimum Gasteiger partial charge on any atom is -0.370 e. The van der Waals surface area contributed by atoms with E-state index in [0.29, 0.717) is 17.4 Å². The highest BCUT2D eigenvalue weighted by Crippen LogP contribution is 2.22. The Morgan fingerprint density at radius 2 is 1.73 bits per heavy atom. The Morgan fingerprint density at radius 3 is 2.23 bits per heavy atom. The van der Waals surface area contributed by atoms with Crippen LogP contribution in [0.2, 0.25) is 0 Å². The molecule has 26 heavy (non-hydrogen) atoms. The Hall–Kier alpha value is -2.34. The molecule has 0 heterocycles. The van der Waals surface area contributed by atoms with E-state index in [2.05, 4.69) is 42.4 Å². The number of rotatable bonds is 6. The van der Waals surface area contributed by atoms with Gasteiger partial charge in [-0.2, -0.15) is 0 Å². The highest BCUT2D eigenvalue weighted by atomic mass is 32.2. The summed E-state index contributed by atoms with van der Waals surface area (Å²) >= 11 is 0. The summed E-state index contributed by atoms with van der Waals surface area (Å²) in [7, 11) is -3.21. The van der Waals surface area contributed by atoms with Gasteiger partial charge < -0.3 is 11.1 Å². The van der Waals surface area contributed by atoms with Crippen molar-refractivity contribution < 1.29 is 8.42 Å². The first-order valence-electron chi connectivity index (χ1n) is 8.73. The van der Waals surface area contributed by atoms with Crippen molar-refractivity contribution in [3.05, 3.63) is 58.7 Å². The largest absolute Gasteiger partial charge is 0.370 e. The van der Waals surface area contributed by atoms with E-state index in [9.17, 15) is 8.42 Å². The maximum absolute atomic E-state index is 11.7. The first kappa shape index (κ1) is 20.0. The molecule has 5 nitrogen and oxygen atoms in total. The lowest BCUT2D eigenvalue weighted by Gasteiger charge is -2.15. The summed E-state index contributed by atoms with van der Waals surface area (Å²) in [4.78, 5) is 4.76. The molecule has 140 valence electrons. The summed E-state index contributed by atoms with van der Waals surface area (Å²) < 4.78 is 23.4. The third kappa shape index (κ3) is 4.85. The van der Waals surface area contributed by atoms with Gasteiger partial charge in [0.05, 0.1) is 11.4 Å². The molecular weight excluding hydrogens is 346 g/mol. The number of para-hydroxylation sites is 1. The Labute approximate surface area is 156 Å². The zero-order valence-electron chi connectivity index (χ0n) is 15.8. The molecule has 3 N–H and O–H groups in total. The minimum absolute atomic E-state index is 0.348. The van der Waals surface area contributed by atoms with E-state index in [1.165, 1.54) is 17.4 Å². The standard InChI is InChI=1S/C20H27N3O2S/c1-5-16-8-7-9-17(6-2)19(16)23-20(21)22-13-15-10-11-18(14(3)12-15)26(4,24)25/h7-12H,5-6,13H2,1-4H3,(H3,21,22,23). The number of nitrogens with one attached hydrogen (secondary N) is 1. The number of aliphatic imine (C=N–C) groups is 1. The molecule has 2 rings (SSSR count). The monoisotopic (exact) mass is 373 g/mol. The third-order valence-corrected chi connectivity index (χ3v) is 5.58. The van der Waals surface area contributed by atoms with Crippen LogP contribution in [0.25, 0.3) is 0 Å². The van der Waals surface area contributed by atoms with Gasteiger partial charge in [0.15, 0.2) is 15.8 Å². The van der Waals surface area contributed by atoms with Gasteiger partial charge in [0.25, 0.3) is 0 Å². The van der Waals surface area contributed by atoms with Crippen LogP contribution < -0.4 is 11.1 Å². The fourth-order valence-corrected chi connectivity index (χ4v) is 3.93. The Bertz CT molecular complexity index is 896. The predicted octanol–water partition coefficient (Wildman–Crippen LogP) is 3.45. The maximum Gasteiger partial charge on any atom is 0.193 e. The summed E-state index contributed by atoms with van der Waals surface area (Å²) in [5.41, 5.74) is 11.2. The molecule has 0 amide bonds. The van der Waals surface area contributed by atoms with Gasteiger partial charge in [0.2, 0.25) is 0 Å². The van der Waals surface area contributed by atoms with Gasteiger partial charge >= 0.3 is 0 Å². The Balaban J connectivity index is 2.18. The first-order valence-corrected chi connectivity index (χ1v) is 10.6. The van der Waals surface area contributed by atoms with E-state index in [4.69, 9.17) is 5.73 Å². The molecule has 0 aliphatic carbocycles. The van der Waals surface area contributed by atoms with Crippen LogP contribution in [0.3, 0.4) is 0 Å². The number of guanidine groups is 1. The second kappa shape index (κ2) is 8.36. The molecule has 0 saturated heterocycles. The van der Waals surface area contributed by atoms with Crippen molar-refractivity contribution >= 4 is 21.5 Å². The summed E-state index contributed by atoms with van der Waals surface area (Å²) in [6.07, 6.45) is 3.04. The molecule has 0 saturated carbocycles. The van der Waals surface area contributed by atoms with Crippen LogP contribution in [0.1, 0.15) is 36.1 Å². The molecule has 0 spiro atoms. The van der Waals surface area contributed by atoms with Crippen molar-refractivity contribution in [2.75, 3.05) is 11.6 Å². The average Bonchev–Trinajstić information content (AvgIpc) is 2.59. The van der Waals surface area contributed by atoms with Crippen LogP contribution in [0.5, 0.6) is 0 Å².